The Bertz CT molecular complexity index is 1320. The number of aryl methyl sites for hydroxylation is 1. The fourth-order valence-corrected chi connectivity index (χ4v) is 4.37. The number of hydrogen-bond acceptors (Lipinski definition) is 5. The van der Waals surface area contributed by atoms with Crippen LogP contribution < -0.4 is 4.74 Å². The molecule has 0 N–H and O–H groups in total. The monoisotopic (exact) mass is 481 g/mol. The Hall–Kier alpha value is -2.67. The Morgan fingerprint density at radius 3 is 2.33 bits per heavy atom. The number of hydrogen-bond donors (Lipinski definition) is 0. The van der Waals surface area contributed by atoms with Crippen LogP contribution in [0.15, 0.2) is 48.5 Å². The lowest BCUT2D eigenvalue weighted by molar-refractivity contribution is -0.0398. The van der Waals surface area contributed by atoms with Gasteiger partial charge in [-0.3, -0.25) is 4.90 Å². The van der Waals surface area contributed by atoms with Crippen molar-refractivity contribution in [2.75, 3.05) is 13.1 Å². The van der Waals surface area contributed by atoms with E-state index in [1.807, 2.05) is 55.5 Å². The van der Waals surface area contributed by atoms with Gasteiger partial charge in [0.15, 0.2) is 5.65 Å². The molecule has 0 saturated carbocycles. The summed E-state index contributed by atoms with van der Waals surface area (Å²) in [6, 6.07) is 15.7. The fraction of sp³-hybridized carbons (Fsp3) is 0.320. The molecule has 2 aromatic heterocycles. The summed E-state index contributed by atoms with van der Waals surface area (Å²) < 4.78 is 8.00. The van der Waals surface area contributed by atoms with Crippen molar-refractivity contribution in [3.8, 4) is 28.4 Å². The minimum Gasteiger partial charge on any atom is -0.457 e. The van der Waals surface area contributed by atoms with E-state index in [4.69, 9.17) is 38.0 Å². The highest BCUT2D eigenvalue weighted by Crippen LogP contribution is 2.39. The van der Waals surface area contributed by atoms with Crippen LogP contribution in [-0.4, -0.2) is 49.2 Å². The summed E-state index contributed by atoms with van der Waals surface area (Å²) in [6.07, 6.45) is 0.0497. The van der Waals surface area contributed by atoms with Crippen LogP contribution in [0.1, 0.15) is 26.6 Å². The summed E-state index contributed by atoms with van der Waals surface area (Å²) in [6.45, 7) is 10.2. The summed E-state index contributed by atoms with van der Waals surface area (Å²) in [5.74, 6) is 0.616. The quantitative estimate of drug-likeness (QED) is 0.361. The SMILES string of the molecule is Cc1nc(OC2CN(C(C)(C)C)C2)n2nc(-c3ccccc3Cl)c(-c3ccc(Cl)cc3)c2n1. The van der Waals surface area contributed by atoms with E-state index in [9.17, 15) is 0 Å². The Morgan fingerprint density at radius 2 is 1.67 bits per heavy atom. The zero-order valence-corrected chi connectivity index (χ0v) is 20.5. The molecule has 0 amide bonds. The van der Waals surface area contributed by atoms with Gasteiger partial charge in [0, 0.05) is 29.2 Å². The molecule has 0 bridgehead atoms. The van der Waals surface area contributed by atoms with Gasteiger partial charge < -0.3 is 4.74 Å². The predicted octanol–water partition coefficient (Wildman–Crippen LogP) is 5.94. The summed E-state index contributed by atoms with van der Waals surface area (Å²) in [5.41, 5.74) is 4.12. The predicted molar refractivity (Wildman–Crippen MR) is 132 cm³/mol. The van der Waals surface area contributed by atoms with Crippen LogP contribution in [0.3, 0.4) is 0 Å². The Morgan fingerprint density at radius 1 is 0.970 bits per heavy atom. The largest absolute Gasteiger partial charge is 0.457 e. The van der Waals surface area contributed by atoms with Crippen molar-refractivity contribution >= 4 is 28.8 Å². The molecule has 1 aliphatic heterocycles. The lowest BCUT2D eigenvalue weighted by Gasteiger charge is -2.46. The smallest absolute Gasteiger partial charge is 0.321 e. The van der Waals surface area contributed by atoms with Gasteiger partial charge >= 0.3 is 6.01 Å². The van der Waals surface area contributed by atoms with Crippen molar-refractivity contribution < 1.29 is 4.74 Å². The van der Waals surface area contributed by atoms with E-state index in [0.29, 0.717) is 27.5 Å². The number of halogens is 2. The molecule has 1 fully saturated rings. The highest BCUT2D eigenvalue weighted by atomic mass is 35.5. The topological polar surface area (TPSA) is 55.5 Å². The number of nitrogens with zero attached hydrogens (tertiary/aromatic N) is 5. The van der Waals surface area contributed by atoms with E-state index in [1.165, 1.54) is 0 Å². The summed E-state index contributed by atoms with van der Waals surface area (Å²) in [5, 5.41) is 6.18. The second-order valence-electron chi connectivity index (χ2n) is 9.31. The normalized spacial score (nSPS) is 15.1. The minimum absolute atomic E-state index is 0.0497. The fourth-order valence-electron chi connectivity index (χ4n) is 4.02. The van der Waals surface area contributed by atoms with E-state index in [1.54, 1.807) is 4.52 Å². The molecule has 1 saturated heterocycles. The molecule has 170 valence electrons. The Kier molecular flexibility index (Phi) is 5.55. The molecule has 2 aromatic carbocycles. The maximum atomic E-state index is 6.57. The van der Waals surface area contributed by atoms with Crippen LogP contribution in [0, 0.1) is 6.92 Å². The van der Waals surface area contributed by atoms with Gasteiger partial charge in [-0.05, 0) is 51.5 Å². The van der Waals surface area contributed by atoms with Gasteiger partial charge in [-0.15, -0.1) is 0 Å². The third kappa shape index (κ3) is 4.19. The van der Waals surface area contributed by atoms with Gasteiger partial charge in [-0.1, -0.05) is 53.5 Å². The molecule has 33 heavy (non-hydrogen) atoms. The van der Waals surface area contributed by atoms with E-state index in [-0.39, 0.29) is 11.6 Å². The van der Waals surface area contributed by atoms with E-state index in [0.717, 1.165) is 35.5 Å². The van der Waals surface area contributed by atoms with E-state index in [2.05, 4.69) is 30.7 Å². The first-order chi connectivity index (χ1) is 15.7. The van der Waals surface area contributed by atoms with Crippen LogP contribution in [0.25, 0.3) is 28.0 Å². The molecular formula is C25H25Cl2N5O. The van der Waals surface area contributed by atoms with Gasteiger partial charge in [0.25, 0.3) is 0 Å². The number of ether oxygens (including phenoxy) is 1. The van der Waals surface area contributed by atoms with Crippen molar-refractivity contribution in [3.63, 3.8) is 0 Å². The first-order valence-electron chi connectivity index (χ1n) is 10.9. The third-order valence-electron chi connectivity index (χ3n) is 5.90. The molecule has 8 heteroatoms. The zero-order valence-electron chi connectivity index (χ0n) is 19.0. The van der Waals surface area contributed by atoms with Crippen molar-refractivity contribution in [2.45, 2.75) is 39.3 Å². The highest BCUT2D eigenvalue weighted by Gasteiger charge is 2.36. The summed E-state index contributed by atoms with van der Waals surface area (Å²) in [7, 11) is 0. The van der Waals surface area contributed by atoms with Crippen molar-refractivity contribution in [3.05, 3.63) is 64.4 Å². The molecule has 0 unspecified atom stereocenters. The number of benzene rings is 2. The van der Waals surface area contributed by atoms with Gasteiger partial charge in [0.05, 0.1) is 10.6 Å². The van der Waals surface area contributed by atoms with Crippen LogP contribution in [0.5, 0.6) is 6.01 Å². The lowest BCUT2D eigenvalue weighted by atomic mass is 9.99. The second-order valence-corrected chi connectivity index (χ2v) is 10.2. The Balaban J connectivity index is 1.65. The molecule has 0 atom stereocenters. The number of aromatic nitrogens is 4. The average molecular weight is 482 g/mol. The number of fused-ring (bicyclic) bond motifs is 1. The molecule has 0 radical (unpaired) electrons. The molecule has 4 aromatic rings. The van der Waals surface area contributed by atoms with Crippen molar-refractivity contribution in [1.29, 1.82) is 0 Å². The number of likely N-dealkylation sites (tertiary alicyclic amines) is 1. The van der Waals surface area contributed by atoms with E-state index < -0.39 is 0 Å². The average Bonchev–Trinajstić information content (AvgIpc) is 3.09. The van der Waals surface area contributed by atoms with Crippen molar-refractivity contribution in [2.24, 2.45) is 0 Å². The van der Waals surface area contributed by atoms with Crippen molar-refractivity contribution in [1.82, 2.24) is 24.5 Å². The van der Waals surface area contributed by atoms with Gasteiger partial charge in [-0.25, -0.2) is 4.98 Å². The highest BCUT2D eigenvalue weighted by molar-refractivity contribution is 6.33. The zero-order chi connectivity index (χ0) is 23.3. The van der Waals surface area contributed by atoms with Gasteiger partial charge in [0.1, 0.15) is 17.6 Å². The first-order valence-corrected chi connectivity index (χ1v) is 11.7. The standard InChI is InChI=1S/C25H25Cl2N5O/c1-15-28-23-21(16-9-11-17(26)12-10-16)22(19-7-5-6-8-20(19)27)30-32(23)24(29-15)33-18-13-31(14-18)25(2,3)4/h5-12,18H,13-14H2,1-4H3. The maximum Gasteiger partial charge on any atom is 0.321 e. The Labute approximate surface area is 203 Å². The van der Waals surface area contributed by atoms with Gasteiger partial charge in [-0.2, -0.15) is 14.6 Å². The third-order valence-corrected chi connectivity index (χ3v) is 6.48. The summed E-state index contributed by atoms with van der Waals surface area (Å²) >= 11 is 12.7. The van der Waals surface area contributed by atoms with Crippen LogP contribution in [-0.2, 0) is 0 Å². The molecule has 3 heterocycles. The maximum absolute atomic E-state index is 6.57. The molecule has 0 aliphatic carbocycles. The first kappa shape index (κ1) is 22.1. The molecular weight excluding hydrogens is 457 g/mol. The van der Waals surface area contributed by atoms with Crippen LogP contribution in [0.2, 0.25) is 10.0 Å². The summed E-state index contributed by atoms with van der Waals surface area (Å²) in [4.78, 5) is 11.7. The number of rotatable bonds is 4. The second kappa shape index (κ2) is 8.28. The van der Waals surface area contributed by atoms with Crippen LogP contribution in [0.4, 0.5) is 0 Å². The molecule has 5 rings (SSSR count). The lowest BCUT2D eigenvalue weighted by Crippen LogP contribution is -2.60. The molecule has 1 aliphatic rings. The van der Waals surface area contributed by atoms with Crippen LogP contribution >= 0.6 is 23.2 Å². The molecule has 6 nitrogen and oxygen atoms in total. The minimum atomic E-state index is 0.0497. The molecule has 0 spiro atoms. The van der Waals surface area contributed by atoms with Gasteiger partial charge in [0.2, 0.25) is 0 Å². The van der Waals surface area contributed by atoms with E-state index >= 15 is 0 Å².